The van der Waals surface area contributed by atoms with Crippen LogP contribution >= 0.6 is 0 Å². The Balaban J connectivity index is 1.00. The van der Waals surface area contributed by atoms with Gasteiger partial charge in [-0.05, 0) is 111 Å². The fourth-order valence-corrected chi connectivity index (χ4v) is 8.21. The monoisotopic (exact) mass is 494 g/mol. The van der Waals surface area contributed by atoms with E-state index in [1.54, 1.807) is 0 Å². The number of imidazole rings is 1. The molecule has 192 valence electrons. The Morgan fingerprint density at radius 1 is 0.811 bits per heavy atom. The van der Waals surface area contributed by atoms with Gasteiger partial charge in [0.25, 0.3) is 5.91 Å². The number of rotatable bonds is 6. The number of nitrogens with one attached hydrogen (secondary N) is 3. The normalized spacial score (nSPS) is 28.8. The number of benzene rings is 2. The van der Waals surface area contributed by atoms with Crippen molar-refractivity contribution in [1.82, 2.24) is 15.3 Å². The maximum absolute atomic E-state index is 12.6. The largest absolute Gasteiger partial charge is 0.380 e. The van der Waals surface area contributed by atoms with Crippen LogP contribution in [-0.4, -0.2) is 27.5 Å². The second-order valence-electron chi connectivity index (χ2n) is 12.4. The molecule has 8 rings (SSSR count). The minimum atomic E-state index is 0.0333. The Kier molecular flexibility index (Phi) is 5.82. The summed E-state index contributed by atoms with van der Waals surface area (Å²) >= 11 is 0. The Morgan fingerprint density at radius 2 is 1.43 bits per heavy atom. The fourth-order valence-electron chi connectivity index (χ4n) is 8.21. The molecule has 37 heavy (non-hydrogen) atoms. The molecule has 3 aromatic rings. The highest BCUT2D eigenvalue weighted by Gasteiger charge is 2.50. The molecule has 5 fully saturated rings. The molecule has 1 aromatic heterocycles. The van der Waals surface area contributed by atoms with Crippen LogP contribution in [0.3, 0.4) is 0 Å². The lowest BCUT2D eigenvalue weighted by Gasteiger charge is -2.57. The molecular weight excluding hydrogens is 456 g/mol. The van der Waals surface area contributed by atoms with E-state index in [1.807, 2.05) is 30.5 Å². The van der Waals surface area contributed by atoms with Crippen LogP contribution < -0.4 is 10.6 Å². The number of hydrogen-bond acceptors (Lipinski definition) is 3. The molecule has 1 heterocycles. The van der Waals surface area contributed by atoms with E-state index in [0.29, 0.717) is 11.6 Å². The molecule has 0 saturated heterocycles. The first-order valence-corrected chi connectivity index (χ1v) is 14.5. The number of nitrogens with zero attached hydrogens (tertiary/aromatic N) is 1. The molecule has 0 spiro atoms. The van der Waals surface area contributed by atoms with Crippen LogP contribution in [0.4, 0.5) is 5.69 Å². The van der Waals surface area contributed by atoms with Crippen LogP contribution in [0.5, 0.6) is 0 Å². The number of carbonyl (C=O) groups is 1. The lowest BCUT2D eigenvalue weighted by Crippen LogP contribution is -2.54. The number of anilines is 1. The summed E-state index contributed by atoms with van der Waals surface area (Å²) in [6, 6.07) is 16.9. The SMILES string of the molecule is O=C(NC1CCCCC1)c1ccc(-c2cnc(-c3ccc(NC45CC6CC(CC(C6)C4)C5)cc3)[nH]2)cc1. The maximum atomic E-state index is 12.6. The van der Waals surface area contributed by atoms with Crippen LogP contribution in [0.25, 0.3) is 22.6 Å². The van der Waals surface area contributed by atoms with Crippen LogP contribution in [0.1, 0.15) is 81.0 Å². The molecule has 0 radical (unpaired) electrons. The van der Waals surface area contributed by atoms with E-state index in [1.165, 1.54) is 63.5 Å². The topological polar surface area (TPSA) is 69.8 Å². The Hall–Kier alpha value is -3.08. The van der Waals surface area contributed by atoms with E-state index < -0.39 is 0 Å². The zero-order chi connectivity index (χ0) is 24.8. The molecule has 0 atom stereocenters. The Morgan fingerprint density at radius 3 is 2.08 bits per heavy atom. The number of H-pyrrole nitrogens is 1. The van der Waals surface area contributed by atoms with Crippen molar-refractivity contribution in [1.29, 1.82) is 0 Å². The number of amides is 1. The van der Waals surface area contributed by atoms with E-state index >= 15 is 0 Å². The van der Waals surface area contributed by atoms with Gasteiger partial charge in [-0.1, -0.05) is 31.4 Å². The highest BCUT2D eigenvalue weighted by atomic mass is 16.1. The van der Waals surface area contributed by atoms with Crippen molar-refractivity contribution in [2.45, 2.75) is 82.2 Å². The highest BCUT2D eigenvalue weighted by molar-refractivity contribution is 5.94. The van der Waals surface area contributed by atoms with Crippen molar-refractivity contribution in [3.8, 4) is 22.6 Å². The number of carbonyl (C=O) groups excluding carboxylic acids is 1. The van der Waals surface area contributed by atoms with Crippen LogP contribution in [-0.2, 0) is 0 Å². The number of aromatic nitrogens is 2. The smallest absolute Gasteiger partial charge is 0.251 e. The quantitative estimate of drug-likeness (QED) is 0.340. The van der Waals surface area contributed by atoms with Crippen molar-refractivity contribution in [3.63, 3.8) is 0 Å². The van der Waals surface area contributed by atoms with Gasteiger partial charge in [0.05, 0.1) is 11.9 Å². The molecule has 1 amide bonds. The molecule has 2 aromatic carbocycles. The Labute approximate surface area is 219 Å². The van der Waals surface area contributed by atoms with Crippen molar-refractivity contribution in [2.75, 3.05) is 5.32 Å². The highest BCUT2D eigenvalue weighted by Crippen LogP contribution is 2.56. The summed E-state index contributed by atoms with van der Waals surface area (Å²) in [6.07, 6.45) is 16.3. The number of hydrogen-bond donors (Lipinski definition) is 3. The molecule has 5 saturated carbocycles. The summed E-state index contributed by atoms with van der Waals surface area (Å²) in [4.78, 5) is 20.8. The molecule has 5 heteroatoms. The molecule has 5 aliphatic carbocycles. The van der Waals surface area contributed by atoms with Gasteiger partial charge in [-0.3, -0.25) is 4.79 Å². The van der Waals surface area contributed by atoms with Crippen molar-refractivity contribution < 1.29 is 4.79 Å². The van der Waals surface area contributed by atoms with Crippen LogP contribution in [0.2, 0.25) is 0 Å². The third-order valence-corrected chi connectivity index (χ3v) is 9.58. The lowest BCUT2D eigenvalue weighted by atomic mass is 9.53. The number of aromatic amines is 1. The maximum Gasteiger partial charge on any atom is 0.251 e. The van der Waals surface area contributed by atoms with E-state index in [9.17, 15) is 4.79 Å². The van der Waals surface area contributed by atoms with E-state index in [-0.39, 0.29) is 5.91 Å². The van der Waals surface area contributed by atoms with Crippen molar-refractivity contribution >= 4 is 11.6 Å². The summed E-state index contributed by atoms with van der Waals surface area (Å²) in [5, 5.41) is 7.17. The average molecular weight is 495 g/mol. The molecule has 3 N–H and O–H groups in total. The van der Waals surface area contributed by atoms with Gasteiger partial charge in [-0.25, -0.2) is 4.98 Å². The first-order valence-electron chi connectivity index (χ1n) is 14.5. The second kappa shape index (κ2) is 9.34. The minimum absolute atomic E-state index is 0.0333. The zero-order valence-electron chi connectivity index (χ0n) is 21.6. The predicted octanol–water partition coefficient (Wildman–Crippen LogP) is 7.19. The van der Waals surface area contributed by atoms with Gasteiger partial charge in [0.15, 0.2) is 0 Å². The third-order valence-electron chi connectivity index (χ3n) is 9.58. The van der Waals surface area contributed by atoms with E-state index in [0.717, 1.165) is 58.8 Å². The van der Waals surface area contributed by atoms with Gasteiger partial charge >= 0.3 is 0 Å². The lowest BCUT2D eigenvalue weighted by molar-refractivity contribution is 0.0107. The van der Waals surface area contributed by atoms with Gasteiger partial charge in [-0.2, -0.15) is 0 Å². The molecule has 5 aliphatic rings. The van der Waals surface area contributed by atoms with Gasteiger partial charge in [-0.15, -0.1) is 0 Å². The second-order valence-corrected chi connectivity index (χ2v) is 12.4. The molecular formula is C32H38N4O. The molecule has 0 unspecified atom stereocenters. The first-order chi connectivity index (χ1) is 18.1. The van der Waals surface area contributed by atoms with Crippen LogP contribution in [0.15, 0.2) is 54.7 Å². The minimum Gasteiger partial charge on any atom is -0.380 e. The van der Waals surface area contributed by atoms with Gasteiger partial charge in [0.1, 0.15) is 5.82 Å². The summed E-state index contributed by atoms with van der Waals surface area (Å²) in [5.74, 6) is 3.74. The molecule has 0 aliphatic heterocycles. The van der Waals surface area contributed by atoms with Gasteiger partial charge < -0.3 is 15.6 Å². The standard InChI is InChI=1S/C32H38N4O/c37-31(34-27-4-2-1-3-5-27)26-8-6-24(7-9-26)29-20-33-30(35-29)25-10-12-28(13-11-25)36-32-17-21-14-22(18-32)16-23(15-21)19-32/h6-13,20-23,27,36H,1-5,14-19H2,(H,33,35)(H,34,37). The van der Waals surface area contributed by atoms with E-state index in [4.69, 9.17) is 0 Å². The Bertz CT molecular complexity index is 1220. The molecule has 5 nitrogen and oxygen atoms in total. The predicted molar refractivity (Wildman–Crippen MR) is 148 cm³/mol. The van der Waals surface area contributed by atoms with Crippen LogP contribution in [0, 0.1) is 17.8 Å². The third kappa shape index (κ3) is 4.69. The summed E-state index contributed by atoms with van der Waals surface area (Å²) < 4.78 is 0. The average Bonchev–Trinajstić information content (AvgIpc) is 3.39. The summed E-state index contributed by atoms with van der Waals surface area (Å²) in [7, 11) is 0. The van der Waals surface area contributed by atoms with Crippen molar-refractivity contribution in [2.24, 2.45) is 17.8 Å². The summed E-state index contributed by atoms with van der Waals surface area (Å²) in [5.41, 5.74) is 5.37. The van der Waals surface area contributed by atoms with Gasteiger partial charge in [0.2, 0.25) is 0 Å². The zero-order valence-corrected chi connectivity index (χ0v) is 21.6. The molecule has 4 bridgehead atoms. The first kappa shape index (κ1) is 23.1. The van der Waals surface area contributed by atoms with E-state index in [2.05, 4.69) is 44.9 Å². The van der Waals surface area contributed by atoms with Crippen molar-refractivity contribution in [3.05, 3.63) is 60.3 Å². The fraction of sp³-hybridized carbons (Fsp3) is 0.500. The summed E-state index contributed by atoms with van der Waals surface area (Å²) in [6.45, 7) is 0. The van der Waals surface area contributed by atoms with Gasteiger partial charge in [0, 0.05) is 28.4 Å².